The SMILES string of the molecule is Nc1ccccc1NC(=O)c1nc2c(s1)CN(c1ncccn1)CC2. The molecule has 4 rings (SSSR count). The van der Waals surface area contributed by atoms with E-state index in [1.807, 2.05) is 12.1 Å². The zero-order valence-corrected chi connectivity index (χ0v) is 14.2. The van der Waals surface area contributed by atoms with Crippen LogP contribution in [0, 0.1) is 0 Å². The predicted molar refractivity (Wildman–Crippen MR) is 97.7 cm³/mol. The van der Waals surface area contributed by atoms with Gasteiger partial charge in [0.05, 0.1) is 23.6 Å². The minimum Gasteiger partial charge on any atom is -0.397 e. The van der Waals surface area contributed by atoms with Crippen LogP contribution in [0.1, 0.15) is 20.4 Å². The number of benzene rings is 1. The summed E-state index contributed by atoms with van der Waals surface area (Å²) in [6.07, 6.45) is 4.23. The molecule has 0 fully saturated rings. The Labute approximate surface area is 148 Å². The lowest BCUT2D eigenvalue weighted by molar-refractivity contribution is 0.102. The zero-order chi connectivity index (χ0) is 17.2. The Morgan fingerprint density at radius 2 is 2.00 bits per heavy atom. The van der Waals surface area contributed by atoms with Crippen molar-refractivity contribution in [3.8, 4) is 0 Å². The number of fused-ring (bicyclic) bond motifs is 1. The number of thiazole rings is 1. The number of para-hydroxylation sites is 2. The summed E-state index contributed by atoms with van der Waals surface area (Å²) in [6.45, 7) is 1.45. The maximum atomic E-state index is 12.5. The summed E-state index contributed by atoms with van der Waals surface area (Å²) >= 11 is 1.41. The number of nitrogens with zero attached hydrogens (tertiary/aromatic N) is 4. The van der Waals surface area contributed by atoms with Crippen LogP contribution in [0.4, 0.5) is 17.3 Å². The molecule has 8 heteroatoms. The summed E-state index contributed by atoms with van der Waals surface area (Å²) in [6, 6.07) is 8.97. The van der Waals surface area contributed by atoms with Crippen LogP contribution in [0.25, 0.3) is 0 Å². The molecule has 0 aliphatic carbocycles. The summed E-state index contributed by atoms with van der Waals surface area (Å²) in [5.41, 5.74) is 7.98. The first-order valence-corrected chi connectivity index (χ1v) is 8.69. The monoisotopic (exact) mass is 352 g/mol. The van der Waals surface area contributed by atoms with Gasteiger partial charge in [-0.05, 0) is 18.2 Å². The number of nitrogens with one attached hydrogen (secondary N) is 1. The molecule has 2 aromatic heterocycles. The number of amides is 1. The van der Waals surface area contributed by atoms with Gasteiger partial charge in [-0.15, -0.1) is 11.3 Å². The highest BCUT2D eigenvalue weighted by atomic mass is 32.1. The van der Waals surface area contributed by atoms with Crippen molar-refractivity contribution in [3.05, 3.63) is 58.3 Å². The first kappa shape index (κ1) is 15.5. The molecule has 126 valence electrons. The normalized spacial score (nSPS) is 13.4. The van der Waals surface area contributed by atoms with Gasteiger partial charge in [-0.25, -0.2) is 15.0 Å². The number of rotatable bonds is 3. The summed E-state index contributed by atoms with van der Waals surface area (Å²) < 4.78 is 0. The summed E-state index contributed by atoms with van der Waals surface area (Å²) in [4.78, 5) is 28.7. The Morgan fingerprint density at radius 3 is 2.80 bits per heavy atom. The third kappa shape index (κ3) is 3.16. The number of hydrogen-bond donors (Lipinski definition) is 2. The van der Waals surface area contributed by atoms with Crippen LogP contribution in [0.3, 0.4) is 0 Å². The fraction of sp³-hybridized carbons (Fsp3) is 0.176. The minimum absolute atomic E-state index is 0.236. The highest BCUT2D eigenvalue weighted by Crippen LogP contribution is 2.28. The predicted octanol–water partition coefficient (Wildman–Crippen LogP) is 2.33. The number of anilines is 3. The third-order valence-corrected chi connectivity index (χ3v) is 5.05. The highest BCUT2D eigenvalue weighted by Gasteiger charge is 2.24. The van der Waals surface area contributed by atoms with E-state index >= 15 is 0 Å². The lowest BCUT2D eigenvalue weighted by atomic mass is 10.2. The van der Waals surface area contributed by atoms with Gasteiger partial charge in [0.2, 0.25) is 5.95 Å². The molecular formula is C17H16N6OS. The van der Waals surface area contributed by atoms with Gasteiger partial charge in [-0.2, -0.15) is 0 Å². The van der Waals surface area contributed by atoms with E-state index in [1.54, 1.807) is 30.6 Å². The first-order valence-electron chi connectivity index (χ1n) is 7.87. The van der Waals surface area contributed by atoms with Crippen LogP contribution in [0.2, 0.25) is 0 Å². The fourth-order valence-corrected chi connectivity index (χ4v) is 3.72. The van der Waals surface area contributed by atoms with Gasteiger partial charge in [0.1, 0.15) is 0 Å². The van der Waals surface area contributed by atoms with Crippen molar-refractivity contribution in [1.29, 1.82) is 0 Å². The van der Waals surface area contributed by atoms with Crippen LogP contribution in [0.5, 0.6) is 0 Å². The molecule has 0 spiro atoms. The Morgan fingerprint density at radius 1 is 1.20 bits per heavy atom. The van der Waals surface area contributed by atoms with Crippen molar-refractivity contribution in [3.63, 3.8) is 0 Å². The lowest BCUT2D eigenvalue weighted by Crippen LogP contribution is -2.31. The number of carbonyl (C=O) groups excluding carboxylic acids is 1. The van der Waals surface area contributed by atoms with Crippen molar-refractivity contribution < 1.29 is 4.79 Å². The van der Waals surface area contributed by atoms with Gasteiger partial charge < -0.3 is 16.0 Å². The summed E-state index contributed by atoms with van der Waals surface area (Å²) in [5, 5.41) is 3.27. The number of hydrogen-bond acceptors (Lipinski definition) is 7. The van der Waals surface area contributed by atoms with Crippen LogP contribution in [0.15, 0.2) is 42.7 Å². The van der Waals surface area contributed by atoms with Gasteiger partial charge >= 0.3 is 0 Å². The van der Waals surface area contributed by atoms with Crippen molar-refractivity contribution in [1.82, 2.24) is 15.0 Å². The molecule has 25 heavy (non-hydrogen) atoms. The second kappa shape index (κ2) is 6.48. The molecular weight excluding hydrogens is 336 g/mol. The number of aromatic nitrogens is 3. The molecule has 3 aromatic rings. The topological polar surface area (TPSA) is 97.0 Å². The van der Waals surface area contributed by atoms with Gasteiger partial charge in [0.25, 0.3) is 5.91 Å². The zero-order valence-electron chi connectivity index (χ0n) is 13.3. The Hall–Kier alpha value is -3.00. The second-order valence-electron chi connectivity index (χ2n) is 5.65. The molecule has 7 nitrogen and oxygen atoms in total. The number of nitrogen functional groups attached to an aromatic ring is 1. The molecule has 1 aromatic carbocycles. The van der Waals surface area contributed by atoms with Crippen molar-refractivity contribution in [2.75, 3.05) is 22.5 Å². The molecule has 3 N–H and O–H groups in total. The molecule has 3 heterocycles. The fourth-order valence-electron chi connectivity index (χ4n) is 2.70. The van der Waals surface area contributed by atoms with E-state index < -0.39 is 0 Å². The molecule has 0 saturated carbocycles. The largest absolute Gasteiger partial charge is 0.397 e. The van der Waals surface area contributed by atoms with E-state index in [9.17, 15) is 4.79 Å². The molecule has 0 saturated heterocycles. The lowest BCUT2D eigenvalue weighted by Gasteiger charge is -2.25. The Bertz CT molecular complexity index is 911. The summed E-state index contributed by atoms with van der Waals surface area (Å²) in [7, 11) is 0. The molecule has 1 aliphatic heterocycles. The van der Waals surface area contributed by atoms with Crippen LogP contribution in [-0.4, -0.2) is 27.4 Å². The van der Waals surface area contributed by atoms with Crippen LogP contribution < -0.4 is 16.0 Å². The standard InChI is InChI=1S/C17H16N6OS/c18-11-4-1-2-5-12(11)21-15(24)16-22-13-6-9-23(10-14(13)25-16)17-19-7-3-8-20-17/h1-5,7-8H,6,9-10,18H2,(H,21,24). The van der Waals surface area contributed by atoms with Crippen LogP contribution >= 0.6 is 11.3 Å². The van der Waals surface area contributed by atoms with Crippen molar-refractivity contribution in [2.24, 2.45) is 0 Å². The average molecular weight is 352 g/mol. The highest BCUT2D eigenvalue weighted by molar-refractivity contribution is 7.13. The molecule has 1 aliphatic rings. The molecule has 0 radical (unpaired) electrons. The average Bonchev–Trinajstić information content (AvgIpc) is 3.08. The van der Waals surface area contributed by atoms with Crippen molar-refractivity contribution >= 4 is 34.6 Å². The maximum absolute atomic E-state index is 12.5. The molecule has 0 unspecified atom stereocenters. The maximum Gasteiger partial charge on any atom is 0.284 e. The van der Waals surface area contributed by atoms with E-state index in [-0.39, 0.29) is 5.91 Å². The van der Waals surface area contributed by atoms with E-state index in [0.29, 0.717) is 28.9 Å². The van der Waals surface area contributed by atoms with Crippen LogP contribution in [-0.2, 0) is 13.0 Å². The second-order valence-corrected chi connectivity index (χ2v) is 6.73. The minimum atomic E-state index is -0.236. The summed E-state index contributed by atoms with van der Waals surface area (Å²) in [5.74, 6) is 0.462. The number of nitrogens with two attached hydrogens (primary N) is 1. The third-order valence-electron chi connectivity index (χ3n) is 3.97. The van der Waals surface area contributed by atoms with Crippen molar-refractivity contribution in [2.45, 2.75) is 13.0 Å². The molecule has 0 atom stereocenters. The van der Waals surface area contributed by atoms with E-state index in [1.165, 1.54) is 11.3 Å². The van der Waals surface area contributed by atoms with Gasteiger partial charge in [0.15, 0.2) is 5.01 Å². The Kier molecular flexibility index (Phi) is 4.02. The smallest absolute Gasteiger partial charge is 0.284 e. The van der Waals surface area contributed by atoms with E-state index in [4.69, 9.17) is 5.73 Å². The number of carbonyl (C=O) groups is 1. The molecule has 1 amide bonds. The van der Waals surface area contributed by atoms with Gasteiger partial charge in [-0.3, -0.25) is 4.79 Å². The first-order chi connectivity index (χ1) is 12.2. The van der Waals surface area contributed by atoms with Gasteiger partial charge in [0, 0.05) is 30.2 Å². The van der Waals surface area contributed by atoms with Gasteiger partial charge in [-0.1, -0.05) is 12.1 Å². The van der Waals surface area contributed by atoms with E-state index in [2.05, 4.69) is 25.2 Å². The quantitative estimate of drug-likeness (QED) is 0.702. The molecule has 0 bridgehead atoms. The van der Waals surface area contributed by atoms with E-state index in [0.717, 1.165) is 23.5 Å². The Balaban J connectivity index is 1.52.